The molecule has 0 aliphatic carbocycles. The molecule has 0 fully saturated rings. The molecule has 26 heavy (non-hydrogen) atoms. The monoisotopic (exact) mass is 390 g/mol. The van der Waals surface area contributed by atoms with Crippen LogP contribution in [-0.2, 0) is 17.1 Å². The molecule has 4 nitrogen and oxygen atoms in total. The molecule has 1 N–H and O–H groups in total. The van der Waals surface area contributed by atoms with E-state index >= 15 is 0 Å². The second-order valence-corrected chi connectivity index (χ2v) is 4.94. The summed E-state index contributed by atoms with van der Waals surface area (Å²) in [4.78, 5) is 12.1. The van der Waals surface area contributed by atoms with Gasteiger partial charge < -0.3 is 14.6 Å². The van der Waals surface area contributed by atoms with Gasteiger partial charge in [-0.3, -0.25) is 4.79 Å². The van der Waals surface area contributed by atoms with Crippen LogP contribution in [0.5, 0.6) is 17.2 Å². The summed E-state index contributed by atoms with van der Waals surface area (Å²) in [7, 11) is 2.88. The van der Waals surface area contributed by atoms with E-state index in [4.69, 9.17) is 9.47 Å². The largest absolute Gasteiger partial charge is 2.00 e. The minimum Gasteiger partial charge on any atom is -0.507 e. The second kappa shape index (κ2) is 10.8. The van der Waals surface area contributed by atoms with Crippen LogP contribution in [0.25, 0.3) is 0 Å². The van der Waals surface area contributed by atoms with E-state index in [2.05, 4.69) is 11.8 Å². The number of carbonyl (C=O) groups excluding carboxylic acids is 1. The Hall–Kier alpha value is -2.93. The van der Waals surface area contributed by atoms with Crippen molar-refractivity contribution in [3.63, 3.8) is 0 Å². The minimum atomic E-state index is -0.511. The Bertz CT molecular complexity index is 836. The topological polar surface area (TPSA) is 55.8 Å². The number of hydrogen-bond acceptors (Lipinski definition) is 4. The molecule has 0 amide bonds. The predicted molar refractivity (Wildman–Crippen MR) is 96.5 cm³/mol. The van der Waals surface area contributed by atoms with Crippen molar-refractivity contribution in [2.45, 2.75) is 0 Å². The van der Waals surface area contributed by atoms with E-state index < -0.39 is 5.78 Å². The zero-order chi connectivity index (χ0) is 18.1. The summed E-state index contributed by atoms with van der Waals surface area (Å²) in [5.41, 5.74) is 0.776. The van der Waals surface area contributed by atoms with Crippen molar-refractivity contribution in [1.82, 2.24) is 0 Å². The van der Waals surface area contributed by atoms with Crippen LogP contribution in [0.3, 0.4) is 0 Å². The number of carbonyl (C=O) groups is 1. The third-order valence-electron chi connectivity index (χ3n) is 3.28. The predicted octanol–water partition coefficient (Wildman–Crippen LogP) is 3.77. The first-order chi connectivity index (χ1) is 12.2. The molecule has 0 aliphatic rings. The summed E-state index contributed by atoms with van der Waals surface area (Å²) in [6, 6.07) is 20.1. The van der Waals surface area contributed by atoms with Crippen molar-refractivity contribution in [3.8, 4) is 29.1 Å². The Kier molecular flexibility index (Phi) is 8.80. The summed E-state index contributed by atoms with van der Waals surface area (Å²) in [6.07, 6.45) is 0. The average molecular weight is 390 g/mol. The number of phenols is 1. The zero-order valence-electron chi connectivity index (χ0n) is 14.4. The maximum atomic E-state index is 12.1. The fraction of sp³-hybridized carbons (Fsp3) is 0.0952. The second-order valence-electron chi connectivity index (χ2n) is 4.94. The Labute approximate surface area is 163 Å². The molecule has 3 rings (SSSR count). The quantitative estimate of drug-likeness (QED) is 0.320. The van der Waals surface area contributed by atoms with Crippen molar-refractivity contribution < 1.29 is 36.4 Å². The number of rotatable bonds is 3. The van der Waals surface area contributed by atoms with E-state index in [1.807, 2.05) is 42.5 Å². The number of ketones is 1. The molecule has 0 aromatic heterocycles. The molecular weight excluding hydrogens is 372 g/mol. The van der Waals surface area contributed by atoms with Gasteiger partial charge in [-0.2, -0.15) is 42.3 Å². The number of aromatic hydroxyl groups is 1. The van der Waals surface area contributed by atoms with Crippen molar-refractivity contribution in [1.29, 1.82) is 0 Å². The number of phenolic OH excluding ortho intramolecular Hbond substituents is 1. The Morgan fingerprint density at radius 3 is 2.31 bits per heavy atom. The number of Topliss-reactive ketones (excluding diaryl/α,β-unsaturated/α-hetero) is 1. The first-order valence-electron chi connectivity index (χ1n) is 7.55. The first kappa shape index (κ1) is 21.1. The summed E-state index contributed by atoms with van der Waals surface area (Å²) in [5, 5.41) is 9.91. The van der Waals surface area contributed by atoms with Crippen molar-refractivity contribution in [2.75, 3.05) is 14.2 Å². The maximum Gasteiger partial charge on any atom is 2.00 e. The van der Waals surface area contributed by atoms with Crippen LogP contribution in [0.1, 0.15) is 15.9 Å². The number of methoxy groups -OCH3 is 2. The van der Waals surface area contributed by atoms with Crippen molar-refractivity contribution >= 4 is 5.78 Å². The Balaban J connectivity index is 0.000000486. The number of hydrogen-bond donors (Lipinski definition) is 1. The van der Waals surface area contributed by atoms with Gasteiger partial charge >= 0.3 is 17.1 Å². The average Bonchev–Trinajstić information content (AvgIpc) is 3.34. The van der Waals surface area contributed by atoms with Crippen LogP contribution >= 0.6 is 0 Å². The van der Waals surface area contributed by atoms with E-state index in [-0.39, 0.29) is 34.1 Å². The van der Waals surface area contributed by atoms with E-state index in [9.17, 15) is 9.90 Å². The summed E-state index contributed by atoms with van der Waals surface area (Å²) >= 11 is 0. The van der Waals surface area contributed by atoms with Crippen LogP contribution in [0, 0.1) is 11.8 Å². The molecule has 0 bridgehead atoms. The van der Waals surface area contributed by atoms with E-state index in [0.29, 0.717) is 5.75 Å². The maximum absolute atomic E-state index is 12.1. The van der Waals surface area contributed by atoms with Gasteiger partial charge in [0.25, 0.3) is 0 Å². The molecule has 0 saturated carbocycles. The molecule has 0 spiro atoms. The summed E-state index contributed by atoms with van der Waals surface area (Å²) in [6.45, 7) is 0. The van der Waals surface area contributed by atoms with Gasteiger partial charge in [-0.25, -0.2) is 12.1 Å². The van der Waals surface area contributed by atoms with Crippen LogP contribution in [0.2, 0.25) is 0 Å². The normalized spacial score (nSPS) is 8.85. The van der Waals surface area contributed by atoms with Gasteiger partial charge in [0.05, 0.1) is 14.2 Å². The van der Waals surface area contributed by atoms with Crippen molar-refractivity contribution in [3.05, 3.63) is 77.9 Å². The third-order valence-corrected chi connectivity index (χ3v) is 3.28. The fourth-order valence-electron chi connectivity index (χ4n) is 2.05. The summed E-state index contributed by atoms with van der Waals surface area (Å²) in [5.74, 6) is 5.12. The van der Waals surface area contributed by atoms with Gasteiger partial charge in [0.2, 0.25) is 5.78 Å². The molecule has 3 aromatic carbocycles. The molecule has 0 atom stereocenters. The van der Waals surface area contributed by atoms with Crippen molar-refractivity contribution in [2.24, 2.45) is 0 Å². The standard InChI is InChI=1S/C16H13O4.C5H5.Fe/c1-19-12-9-14(18)16(15(10-12)20-2)13(17)8-7-11-5-3-4-6-11;1-2-4-5-3-1;/h3-6,9-10,18H,1-2H3;1-5H;/q2*-1;+2. The van der Waals surface area contributed by atoms with Crippen LogP contribution in [-0.4, -0.2) is 25.1 Å². The molecular formula is C21H18FeO4. The molecule has 134 valence electrons. The molecule has 0 saturated heterocycles. The molecule has 0 unspecified atom stereocenters. The van der Waals surface area contributed by atoms with E-state index in [1.54, 1.807) is 12.1 Å². The Morgan fingerprint density at radius 1 is 1.08 bits per heavy atom. The van der Waals surface area contributed by atoms with Gasteiger partial charge in [-0.15, -0.1) is 11.6 Å². The first-order valence-corrected chi connectivity index (χ1v) is 7.55. The SMILES string of the molecule is COc1cc(O)c(C(=O)C#Cc2ccc[cH-]2)c(OC)c1.[Fe+2].c1cc[cH-]c1. The molecule has 3 aromatic rings. The van der Waals surface area contributed by atoms with Crippen LogP contribution in [0.4, 0.5) is 0 Å². The van der Waals surface area contributed by atoms with Crippen LogP contribution in [0.15, 0.2) is 66.7 Å². The molecule has 0 heterocycles. The summed E-state index contributed by atoms with van der Waals surface area (Å²) < 4.78 is 10.1. The van der Waals surface area contributed by atoms with Gasteiger partial charge in [0.15, 0.2) is 0 Å². The van der Waals surface area contributed by atoms with Gasteiger partial charge in [-0.1, -0.05) is 5.92 Å². The van der Waals surface area contributed by atoms with Gasteiger partial charge in [0.1, 0.15) is 22.8 Å². The smallest absolute Gasteiger partial charge is 0.507 e. The molecule has 5 heteroatoms. The van der Waals surface area contributed by atoms with Gasteiger partial charge in [0, 0.05) is 12.1 Å². The minimum absolute atomic E-state index is 0. The van der Waals surface area contributed by atoms with E-state index in [0.717, 1.165) is 5.56 Å². The van der Waals surface area contributed by atoms with Crippen LogP contribution < -0.4 is 9.47 Å². The molecule has 0 radical (unpaired) electrons. The number of benzene rings is 1. The number of ether oxygens (including phenoxy) is 2. The fourth-order valence-corrected chi connectivity index (χ4v) is 2.05. The van der Waals surface area contributed by atoms with Gasteiger partial charge in [-0.05, 0) is 0 Å². The Morgan fingerprint density at radius 2 is 1.81 bits per heavy atom. The molecule has 0 aliphatic heterocycles. The third kappa shape index (κ3) is 5.86. The van der Waals surface area contributed by atoms with E-state index in [1.165, 1.54) is 26.4 Å². The zero-order valence-corrected chi connectivity index (χ0v) is 15.5.